The highest BCUT2D eigenvalue weighted by atomic mass is 79.9. The Hall–Kier alpha value is -3.69. The number of rotatable bonds is 8. The summed E-state index contributed by atoms with van der Waals surface area (Å²) in [5, 5.41) is 12.5. The smallest absolute Gasteiger partial charge is 0.349 e. The highest BCUT2D eigenvalue weighted by molar-refractivity contribution is 9.10. The number of benzene rings is 3. The zero-order chi connectivity index (χ0) is 24.7. The van der Waals surface area contributed by atoms with Crippen molar-refractivity contribution in [2.75, 3.05) is 5.32 Å². The standard InChI is InChI=1S/C24H17BrClNO7/c25-17-12-11-16(13-18(17)26)27-21(28)19(33-23(31)14-7-3-1-4-8-14)20(22(29)30)34-24(32)15-9-5-2-6-10-15/h1-13,19-20H,(H,27,28)(H,29,30)/t19-,20+/m1/s1. The largest absolute Gasteiger partial charge is 0.478 e. The summed E-state index contributed by atoms with van der Waals surface area (Å²) in [5.41, 5.74) is 0.338. The summed E-state index contributed by atoms with van der Waals surface area (Å²) in [7, 11) is 0. The van der Waals surface area contributed by atoms with Crippen molar-refractivity contribution in [2.45, 2.75) is 12.2 Å². The lowest BCUT2D eigenvalue weighted by molar-refractivity contribution is -0.157. The van der Waals surface area contributed by atoms with Crippen molar-refractivity contribution in [3.05, 3.63) is 99.5 Å². The summed E-state index contributed by atoms with van der Waals surface area (Å²) in [4.78, 5) is 50.2. The van der Waals surface area contributed by atoms with Gasteiger partial charge in [0.15, 0.2) is 0 Å². The van der Waals surface area contributed by atoms with Gasteiger partial charge >= 0.3 is 17.9 Å². The SMILES string of the molecule is O=C(O[C@H](C(=O)O)[C@@H](OC(=O)c1ccccc1)C(=O)Nc1ccc(Br)c(Cl)c1)c1ccccc1. The first-order chi connectivity index (χ1) is 16.3. The molecule has 2 N–H and O–H groups in total. The molecule has 2 atom stereocenters. The van der Waals surface area contributed by atoms with E-state index in [9.17, 15) is 24.3 Å². The van der Waals surface area contributed by atoms with Crippen LogP contribution >= 0.6 is 27.5 Å². The molecule has 0 saturated heterocycles. The summed E-state index contributed by atoms with van der Waals surface area (Å²) in [6.45, 7) is 0. The van der Waals surface area contributed by atoms with E-state index < -0.39 is 36.0 Å². The molecule has 0 aromatic heterocycles. The van der Waals surface area contributed by atoms with Gasteiger partial charge in [-0.3, -0.25) is 4.79 Å². The predicted molar refractivity (Wildman–Crippen MR) is 127 cm³/mol. The minimum atomic E-state index is -2.13. The molecule has 10 heteroatoms. The van der Waals surface area contributed by atoms with Gasteiger partial charge in [0.2, 0.25) is 12.2 Å². The molecule has 0 heterocycles. The first kappa shape index (κ1) is 24.9. The molecule has 3 rings (SSSR count). The van der Waals surface area contributed by atoms with Crippen LogP contribution in [-0.2, 0) is 19.1 Å². The number of carbonyl (C=O) groups excluding carboxylic acids is 3. The van der Waals surface area contributed by atoms with Crippen LogP contribution in [0.4, 0.5) is 5.69 Å². The second-order valence-electron chi connectivity index (χ2n) is 6.84. The molecule has 3 aromatic rings. The maximum atomic E-state index is 13.0. The maximum Gasteiger partial charge on any atom is 0.349 e. The fraction of sp³-hybridized carbons (Fsp3) is 0.0833. The first-order valence-electron chi connectivity index (χ1n) is 9.77. The van der Waals surface area contributed by atoms with Gasteiger partial charge in [-0.05, 0) is 58.4 Å². The van der Waals surface area contributed by atoms with Gasteiger partial charge in [0.25, 0.3) is 5.91 Å². The molecular formula is C24H17BrClNO7. The van der Waals surface area contributed by atoms with E-state index in [1.165, 1.54) is 36.4 Å². The minimum absolute atomic E-state index is 0.0574. The van der Waals surface area contributed by atoms with Gasteiger partial charge < -0.3 is 19.9 Å². The van der Waals surface area contributed by atoms with Gasteiger partial charge in [-0.2, -0.15) is 0 Å². The van der Waals surface area contributed by atoms with Crippen LogP contribution in [0.1, 0.15) is 20.7 Å². The van der Waals surface area contributed by atoms with Crippen LogP contribution in [0.3, 0.4) is 0 Å². The fourth-order valence-electron chi connectivity index (χ4n) is 2.80. The van der Waals surface area contributed by atoms with Crippen LogP contribution in [-0.4, -0.2) is 41.1 Å². The molecule has 1 amide bonds. The molecule has 3 aromatic carbocycles. The molecule has 0 saturated carbocycles. The van der Waals surface area contributed by atoms with Gasteiger partial charge in [0.05, 0.1) is 16.1 Å². The highest BCUT2D eigenvalue weighted by Crippen LogP contribution is 2.26. The van der Waals surface area contributed by atoms with E-state index in [1.807, 2.05) is 0 Å². The molecule has 34 heavy (non-hydrogen) atoms. The van der Waals surface area contributed by atoms with Crippen LogP contribution in [0.15, 0.2) is 83.3 Å². The lowest BCUT2D eigenvalue weighted by Gasteiger charge is -2.23. The molecule has 0 aliphatic carbocycles. The third-order valence-electron chi connectivity index (χ3n) is 4.45. The van der Waals surface area contributed by atoms with Crippen LogP contribution in [0.5, 0.6) is 0 Å². The Kier molecular flexibility index (Phi) is 8.39. The minimum Gasteiger partial charge on any atom is -0.478 e. The highest BCUT2D eigenvalue weighted by Gasteiger charge is 2.41. The Balaban J connectivity index is 1.91. The molecule has 0 aliphatic heterocycles. The van der Waals surface area contributed by atoms with E-state index in [0.29, 0.717) is 4.47 Å². The van der Waals surface area contributed by atoms with Gasteiger partial charge in [0, 0.05) is 10.2 Å². The Morgan fingerprint density at radius 3 is 1.76 bits per heavy atom. The Morgan fingerprint density at radius 2 is 1.29 bits per heavy atom. The van der Waals surface area contributed by atoms with Crippen molar-refractivity contribution in [1.82, 2.24) is 0 Å². The number of aliphatic carboxylic acids is 1. The van der Waals surface area contributed by atoms with E-state index in [2.05, 4.69) is 21.2 Å². The van der Waals surface area contributed by atoms with Gasteiger partial charge in [-0.1, -0.05) is 48.0 Å². The number of amides is 1. The lowest BCUT2D eigenvalue weighted by atomic mass is 10.1. The van der Waals surface area contributed by atoms with Crippen molar-refractivity contribution in [1.29, 1.82) is 0 Å². The van der Waals surface area contributed by atoms with Crippen LogP contribution in [0.25, 0.3) is 0 Å². The predicted octanol–water partition coefficient (Wildman–Crippen LogP) is 4.58. The topological polar surface area (TPSA) is 119 Å². The van der Waals surface area contributed by atoms with Gasteiger partial charge in [-0.25, -0.2) is 14.4 Å². The molecule has 0 unspecified atom stereocenters. The third kappa shape index (κ3) is 6.43. The van der Waals surface area contributed by atoms with E-state index in [1.54, 1.807) is 42.5 Å². The molecule has 0 radical (unpaired) electrons. The van der Waals surface area contributed by atoms with Crippen molar-refractivity contribution < 1.29 is 33.8 Å². The summed E-state index contributed by atoms with van der Waals surface area (Å²) in [6.07, 6.45) is -4.15. The second kappa shape index (κ2) is 11.4. The van der Waals surface area contributed by atoms with Crippen molar-refractivity contribution >= 4 is 57.0 Å². The number of hydrogen-bond acceptors (Lipinski definition) is 6. The molecule has 0 spiro atoms. The average molecular weight is 547 g/mol. The van der Waals surface area contributed by atoms with Gasteiger partial charge in [-0.15, -0.1) is 0 Å². The normalized spacial score (nSPS) is 12.2. The zero-order valence-electron chi connectivity index (χ0n) is 17.3. The number of carboxylic acid groups (broad SMARTS) is 1. The molecule has 174 valence electrons. The number of halogens is 2. The number of carbonyl (C=O) groups is 4. The molecule has 8 nitrogen and oxygen atoms in total. The van der Waals surface area contributed by atoms with E-state index in [0.717, 1.165) is 0 Å². The van der Waals surface area contributed by atoms with Crippen LogP contribution < -0.4 is 5.32 Å². The first-order valence-corrected chi connectivity index (χ1v) is 10.9. The number of esters is 2. The summed E-state index contributed by atoms with van der Waals surface area (Å²) in [6, 6.07) is 19.7. The lowest BCUT2D eigenvalue weighted by Crippen LogP contribution is -2.48. The summed E-state index contributed by atoms with van der Waals surface area (Å²) < 4.78 is 10.9. The van der Waals surface area contributed by atoms with Gasteiger partial charge in [0.1, 0.15) is 0 Å². The average Bonchev–Trinajstić information content (AvgIpc) is 2.84. The van der Waals surface area contributed by atoms with Crippen LogP contribution in [0.2, 0.25) is 5.02 Å². The number of nitrogens with one attached hydrogen (secondary N) is 1. The Bertz CT molecular complexity index is 1200. The van der Waals surface area contributed by atoms with Crippen molar-refractivity contribution in [3.8, 4) is 0 Å². The van der Waals surface area contributed by atoms with E-state index >= 15 is 0 Å². The van der Waals surface area contributed by atoms with E-state index in [4.69, 9.17) is 21.1 Å². The number of hydrogen-bond donors (Lipinski definition) is 2. The fourth-order valence-corrected chi connectivity index (χ4v) is 3.22. The molecule has 0 fully saturated rings. The Morgan fingerprint density at radius 1 is 0.794 bits per heavy atom. The van der Waals surface area contributed by atoms with Crippen molar-refractivity contribution in [3.63, 3.8) is 0 Å². The Labute approximate surface area is 207 Å². The number of anilines is 1. The van der Waals surface area contributed by atoms with E-state index in [-0.39, 0.29) is 21.8 Å². The van der Waals surface area contributed by atoms with Crippen LogP contribution in [0, 0.1) is 0 Å². The number of carboxylic acids is 1. The zero-order valence-corrected chi connectivity index (χ0v) is 19.7. The number of ether oxygens (including phenoxy) is 2. The monoisotopic (exact) mass is 545 g/mol. The third-order valence-corrected chi connectivity index (χ3v) is 5.68. The summed E-state index contributed by atoms with van der Waals surface area (Å²) >= 11 is 9.27. The van der Waals surface area contributed by atoms with Crippen molar-refractivity contribution in [2.24, 2.45) is 0 Å². The second-order valence-corrected chi connectivity index (χ2v) is 8.10. The maximum absolute atomic E-state index is 13.0. The quantitative estimate of drug-likeness (QED) is 0.397. The molecule has 0 bridgehead atoms. The molecular weight excluding hydrogens is 530 g/mol. The summed E-state index contributed by atoms with van der Waals surface area (Å²) in [5.74, 6) is -4.69. The molecule has 0 aliphatic rings.